The van der Waals surface area contributed by atoms with Crippen molar-refractivity contribution in [1.82, 2.24) is 5.32 Å². The Labute approximate surface area is 146 Å². The lowest BCUT2D eigenvalue weighted by atomic mass is 9.54. The zero-order valence-corrected chi connectivity index (χ0v) is 15.6. The quantitative estimate of drug-likeness (QED) is 0.843. The highest BCUT2D eigenvalue weighted by Gasteiger charge is 2.63. The fourth-order valence-corrected chi connectivity index (χ4v) is 4.45. The molecule has 0 aliphatic heterocycles. The molecule has 4 nitrogen and oxygen atoms in total. The second kappa shape index (κ2) is 5.87. The van der Waals surface area contributed by atoms with E-state index in [-0.39, 0.29) is 23.5 Å². The molecule has 0 radical (unpaired) electrons. The van der Waals surface area contributed by atoms with E-state index in [1.165, 1.54) is 11.1 Å². The number of benzene rings is 1. The first-order valence-electron chi connectivity index (χ1n) is 8.30. The maximum atomic E-state index is 12.9. The topological polar surface area (TPSA) is 64.3 Å². The summed E-state index contributed by atoms with van der Waals surface area (Å²) in [5.74, 6) is -0.0590. The number of nitrogens with two attached hydrogens (primary N) is 1. The van der Waals surface area contributed by atoms with Crippen molar-refractivity contribution in [2.24, 2.45) is 11.1 Å². The van der Waals surface area contributed by atoms with Gasteiger partial charge < -0.3 is 15.8 Å². The van der Waals surface area contributed by atoms with Gasteiger partial charge in [-0.3, -0.25) is 4.79 Å². The van der Waals surface area contributed by atoms with Gasteiger partial charge in [-0.05, 0) is 37.0 Å². The third-order valence-electron chi connectivity index (χ3n) is 5.75. The zero-order valence-electron chi connectivity index (χ0n) is 14.0. The molecule has 0 heterocycles. The molecule has 1 saturated carbocycles. The molecule has 0 spiro atoms. The maximum Gasteiger partial charge on any atom is 0.241 e. The molecule has 23 heavy (non-hydrogen) atoms. The molecule has 5 heteroatoms. The van der Waals surface area contributed by atoms with Gasteiger partial charge in [0.1, 0.15) is 5.54 Å². The number of amides is 1. The lowest BCUT2D eigenvalue weighted by Gasteiger charge is -2.57. The molecule has 1 fully saturated rings. The molecule has 3 unspecified atom stereocenters. The number of ether oxygens (including phenoxy) is 1. The van der Waals surface area contributed by atoms with Gasteiger partial charge in [0.15, 0.2) is 0 Å². The molecule has 126 valence electrons. The Morgan fingerprint density at radius 1 is 1.48 bits per heavy atom. The van der Waals surface area contributed by atoms with E-state index >= 15 is 0 Å². The van der Waals surface area contributed by atoms with Gasteiger partial charge in [0.25, 0.3) is 0 Å². The summed E-state index contributed by atoms with van der Waals surface area (Å²) in [5.41, 5.74) is 7.76. The van der Waals surface area contributed by atoms with E-state index in [0.29, 0.717) is 13.0 Å². The van der Waals surface area contributed by atoms with Crippen LogP contribution in [0.1, 0.15) is 50.8 Å². The van der Waals surface area contributed by atoms with E-state index in [1.807, 2.05) is 26.8 Å². The average Bonchev–Trinajstić information content (AvgIpc) is 2.91. The molecule has 1 aromatic rings. The first-order chi connectivity index (χ1) is 10.8. The minimum Gasteiger partial charge on any atom is -0.378 e. The summed E-state index contributed by atoms with van der Waals surface area (Å²) < 4.78 is 6.83. The molecule has 2 aliphatic carbocycles. The van der Waals surface area contributed by atoms with Crippen LogP contribution < -0.4 is 11.1 Å². The van der Waals surface area contributed by atoms with Gasteiger partial charge in [-0.15, -0.1) is 0 Å². The van der Waals surface area contributed by atoms with Gasteiger partial charge in [-0.1, -0.05) is 41.9 Å². The second-order valence-corrected chi connectivity index (χ2v) is 8.07. The minimum atomic E-state index is -0.860. The lowest BCUT2D eigenvalue weighted by molar-refractivity contribution is -0.171. The summed E-state index contributed by atoms with van der Waals surface area (Å²) in [7, 11) is 0. The van der Waals surface area contributed by atoms with Crippen LogP contribution in [0.3, 0.4) is 0 Å². The maximum absolute atomic E-state index is 12.9. The minimum absolute atomic E-state index is 0.0493. The first kappa shape index (κ1) is 16.9. The van der Waals surface area contributed by atoms with Crippen molar-refractivity contribution in [2.45, 2.75) is 57.7 Å². The van der Waals surface area contributed by atoms with Gasteiger partial charge in [0, 0.05) is 22.9 Å². The second-order valence-electron chi connectivity index (χ2n) is 7.21. The van der Waals surface area contributed by atoms with Crippen molar-refractivity contribution in [3.05, 3.63) is 33.8 Å². The van der Waals surface area contributed by atoms with E-state index in [0.717, 1.165) is 17.3 Å². The fraction of sp³-hybridized carbons (Fsp3) is 0.611. The highest BCUT2D eigenvalue weighted by molar-refractivity contribution is 9.10. The lowest BCUT2D eigenvalue weighted by Crippen LogP contribution is -2.75. The van der Waals surface area contributed by atoms with Crippen LogP contribution in [-0.4, -0.2) is 24.2 Å². The van der Waals surface area contributed by atoms with Crippen molar-refractivity contribution in [3.8, 4) is 0 Å². The molecule has 1 aromatic carbocycles. The van der Waals surface area contributed by atoms with Crippen molar-refractivity contribution in [1.29, 1.82) is 0 Å². The van der Waals surface area contributed by atoms with Gasteiger partial charge in [0.2, 0.25) is 5.91 Å². The van der Waals surface area contributed by atoms with Crippen LogP contribution in [-0.2, 0) is 16.0 Å². The van der Waals surface area contributed by atoms with Crippen molar-refractivity contribution in [3.63, 3.8) is 0 Å². The Hall–Kier alpha value is -0.910. The molecule has 1 amide bonds. The summed E-state index contributed by atoms with van der Waals surface area (Å²) >= 11 is 3.59. The summed E-state index contributed by atoms with van der Waals surface area (Å²) in [4.78, 5) is 12.9. The van der Waals surface area contributed by atoms with Gasteiger partial charge in [-0.2, -0.15) is 0 Å². The molecule has 3 rings (SSSR count). The normalized spacial score (nSPS) is 31.3. The Balaban J connectivity index is 1.74. The fourth-order valence-electron chi connectivity index (χ4n) is 3.87. The molecule has 0 aromatic heterocycles. The highest BCUT2D eigenvalue weighted by atomic mass is 79.9. The molecule has 3 atom stereocenters. The van der Waals surface area contributed by atoms with Crippen LogP contribution in [0.25, 0.3) is 0 Å². The third kappa shape index (κ3) is 2.53. The van der Waals surface area contributed by atoms with Crippen LogP contribution in [0.5, 0.6) is 0 Å². The molecule has 3 N–H and O–H groups in total. The number of carbonyl (C=O) groups excluding carboxylic acids is 1. The van der Waals surface area contributed by atoms with E-state index in [2.05, 4.69) is 33.4 Å². The number of rotatable bonds is 4. The SMILES string of the molecule is CCOC1CC(N)(C(=O)NC2CCc3c(Br)cccc32)C1(C)C. The Morgan fingerprint density at radius 3 is 2.87 bits per heavy atom. The highest BCUT2D eigenvalue weighted by Crippen LogP contribution is 2.50. The van der Waals surface area contributed by atoms with E-state index in [4.69, 9.17) is 10.5 Å². The number of halogens is 1. The van der Waals surface area contributed by atoms with Crippen LogP contribution >= 0.6 is 15.9 Å². The van der Waals surface area contributed by atoms with E-state index in [9.17, 15) is 4.79 Å². The molecular weight excluding hydrogens is 356 g/mol. The van der Waals surface area contributed by atoms with Crippen molar-refractivity contribution >= 4 is 21.8 Å². The smallest absolute Gasteiger partial charge is 0.241 e. The van der Waals surface area contributed by atoms with Crippen molar-refractivity contribution < 1.29 is 9.53 Å². The summed E-state index contributed by atoms with van der Waals surface area (Å²) in [6, 6.07) is 6.22. The Bertz CT molecular complexity index is 631. The van der Waals surface area contributed by atoms with Crippen LogP contribution in [0, 0.1) is 5.41 Å². The van der Waals surface area contributed by atoms with E-state index in [1.54, 1.807) is 0 Å². The van der Waals surface area contributed by atoms with Gasteiger partial charge in [-0.25, -0.2) is 0 Å². The monoisotopic (exact) mass is 380 g/mol. The molecule has 0 saturated heterocycles. The Kier molecular flexibility index (Phi) is 4.32. The van der Waals surface area contributed by atoms with Crippen LogP contribution in [0.15, 0.2) is 22.7 Å². The standard InChI is InChI=1S/C18H25BrN2O2/c1-4-23-15-10-18(20,17(15,2)3)16(22)21-14-9-8-11-12(14)6-5-7-13(11)19/h5-7,14-15H,4,8-10,20H2,1-3H3,(H,21,22). The molecule has 2 aliphatic rings. The number of nitrogens with one attached hydrogen (secondary N) is 1. The zero-order chi connectivity index (χ0) is 16.8. The largest absolute Gasteiger partial charge is 0.378 e. The first-order valence-corrected chi connectivity index (χ1v) is 9.09. The Morgan fingerprint density at radius 2 is 2.22 bits per heavy atom. The van der Waals surface area contributed by atoms with Crippen molar-refractivity contribution in [2.75, 3.05) is 6.61 Å². The number of hydrogen-bond donors (Lipinski definition) is 2. The van der Waals surface area contributed by atoms with Gasteiger partial charge in [0.05, 0.1) is 12.1 Å². The number of fused-ring (bicyclic) bond motifs is 1. The summed E-state index contributed by atoms with van der Waals surface area (Å²) in [6.45, 7) is 6.67. The third-order valence-corrected chi connectivity index (χ3v) is 6.50. The molecule has 0 bridgehead atoms. The summed E-state index contributed by atoms with van der Waals surface area (Å²) in [5, 5.41) is 3.18. The average molecular weight is 381 g/mol. The van der Waals surface area contributed by atoms with Crippen LogP contribution in [0.4, 0.5) is 0 Å². The number of carbonyl (C=O) groups is 1. The summed E-state index contributed by atoms with van der Waals surface area (Å²) in [6.07, 6.45) is 2.53. The number of hydrogen-bond acceptors (Lipinski definition) is 3. The molecular formula is C18H25BrN2O2. The van der Waals surface area contributed by atoms with Gasteiger partial charge >= 0.3 is 0 Å². The van der Waals surface area contributed by atoms with Crippen LogP contribution in [0.2, 0.25) is 0 Å². The predicted molar refractivity (Wildman–Crippen MR) is 94.1 cm³/mol. The van der Waals surface area contributed by atoms with E-state index < -0.39 is 5.54 Å². The predicted octanol–water partition coefficient (Wildman–Crippen LogP) is 3.09.